The fourth-order valence-corrected chi connectivity index (χ4v) is 3.95. The molecule has 130 valence electrons. The molecule has 26 heavy (non-hydrogen) atoms. The quantitative estimate of drug-likeness (QED) is 0.706. The number of fused-ring (bicyclic) bond motifs is 3. The number of nitrogens with one attached hydrogen (secondary N) is 1. The summed E-state index contributed by atoms with van der Waals surface area (Å²) >= 11 is 0. The highest BCUT2D eigenvalue weighted by Crippen LogP contribution is 2.39. The zero-order chi connectivity index (χ0) is 17.7. The number of carbonyl (C=O) groups excluding carboxylic acids is 1. The molecule has 0 saturated heterocycles. The number of aromatic nitrogens is 2. The number of hydrogen-bond acceptors (Lipinski definition) is 4. The van der Waals surface area contributed by atoms with Crippen molar-refractivity contribution in [2.45, 2.75) is 18.8 Å². The summed E-state index contributed by atoms with van der Waals surface area (Å²) in [4.78, 5) is 20.4. The lowest BCUT2D eigenvalue weighted by Crippen LogP contribution is -2.10. The molecule has 1 unspecified atom stereocenters. The Bertz CT molecular complexity index is 1110. The van der Waals surface area contributed by atoms with Gasteiger partial charge < -0.3 is 14.5 Å². The van der Waals surface area contributed by atoms with Crippen LogP contribution in [-0.2, 0) is 9.47 Å². The van der Waals surface area contributed by atoms with Gasteiger partial charge in [0.25, 0.3) is 0 Å². The number of carbonyl (C=O) groups is 1. The number of allylic oxidation sites excluding steroid dienone is 2. The van der Waals surface area contributed by atoms with Crippen molar-refractivity contribution in [2.75, 3.05) is 13.7 Å². The zero-order valence-corrected chi connectivity index (χ0v) is 14.4. The fraction of sp³-hybridized carbons (Fsp3) is 0.238. The zero-order valence-electron chi connectivity index (χ0n) is 14.4. The third-order valence-electron chi connectivity index (χ3n) is 5.23. The van der Waals surface area contributed by atoms with E-state index in [4.69, 9.17) is 9.47 Å². The Kier molecular flexibility index (Phi) is 3.35. The van der Waals surface area contributed by atoms with E-state index in [0.29, 0.717) is 5.69 Å². The summed E-state index contributed by atoms with van der Waals surface area (Å²) < 4.78 is 10.6. The van der Waals surface area contributed by atoms with Crippen molar-refractivity contribution in [1.29, 1.82) is 0 Å². The standard InChI is InChI=1S/C21H18N2O3/c1-25-21(24)17-11-15-14-4-2-3-5-16(14)22-20(15)19(23-17)13-6-7-18-12(10-13)8-9-26-18/h2-7,11,13,22H,8-10H2,1H3. The first-order valence-electron chi connectivity index (χ1n) is 8.77. The molecule has 1 aliphatic heterocycles. The number of ether oxygens (including phenoxy) is 2. The molecular formula is C21H18N2O3. The third kappa shape index (κ3) is 2.24. The maximum atomic E-state index is 12.2. The van der Waals surface area contributed by atoms with Crippen LogP contribution in [-0.4, -0.2) is 29.7 Å². The van der Waals surface area contributed by atoms with Gasteiger partial charge in [-0.25, -0.2) is 9.78 Å². The minimum absolute atomic E-state index is 0.107. The first-order valence-corrected chi connectivity index (χ1v) is 8.77. The first-order chi connectivity index (χ1) is 12.7. The van der Waals surface area contributed by atoms with Gasteiger partial charge in [0, 0.05) is 28.6 Å². The van der Waals surface area contributed by atoms with Crippen LogP contribution in [0, 0.1) is 0 Å². The summed E-state index contributed by atoms with van der Waals surface area (Å²) in [5.74, 6) is 0.691. The smallest absolute Gasteiger partial charge is 0.356 e. The third-order valence-corrected chi connectivity index (χ3v) is 5.23. The Balaban J connectivity index is 1.72. The average molecular weight is 346 g/mol. The minimum atomic E-state index is -0.415. The van der Waals surface area contributed by atoms with Crippen molar-refractivity contribution in [2.24, 2.45) is 0 Å². The Morgan fingerprint density at radius 2 is 2.19 bits per heavy atom. The van der Waals surface area contributed by atoms with Gasteiger partial charge in [-0.1, -0.05) is 24.3 Å². The number of nitrogens with zero attached hydrogens (tertiary/aromatic N) is 1. The molecule has 0 saturated carbocycles. The first kappa shape index (κ1) is 15.2. The van der Waals surface area contributed by atoms with Crippen LogP contribution in [0.15, 0.2) is 53.8 Å². The predicted molar refractivity (Wildman–Crippen MR) is 99.0 cm³/mol. The maximum Gasteiger partial charge on any atom is 0.356 e. The Morgan fingerprint density at radius 1 is 1.31 bits per heavy atom. The molecule has 3 heterocycles. The molecule has 2 aromatic heterocycles. The second kappa shape index (κ2) is 5.73. The molecule has 0 radical (unpaired) electrons. The van der Waals surface area contributed by atoms with Gasteiger partial charge in [-0.15, -0.1) is 0 Å². The number of esters is 1. The van der Waals surface area contributed by atoms with Crippen LogP contribution in [0.25, 0.3) is 21.8 Å². The molecule has 0 amide bonds. The van der Waals surface area contributed by atoms with Gasteiger partial charge in [0.2, 0.25) is 0 Å². The van der Waals surface area contributed by atoms with E-state index in [2.05, 4.69) is 22.1 Å². The van der Waals surface area contributed by atoms with Crippen molar-refractivity contribution in [1.82, 2.24) is 9.97 Å². The van der Waals surface area contributed by atoms with Crippen molar-refractivity contribution < 1.29 is 14.3 Å². The number of hydrogen-bond donors (Lipinski definition) is 1. The monoisotopic (exact) mass is 346 g/mol. The molecule has 0 spiro atoms. The van der Waals surface area contributed by atoms with Crippen molar-refractivity contribution in [3.05, 3.63) is 65.2 Å². The van der Waals surface area contributed by atoms with Crippen molar-refractivity contribution in [3.63, 3.8) is 0 Å². The average Bonchev–Trinajstić information content (AvgIpc) is 3.30. The number of aromatic amines is 1. The highest BCUT2D eigenvalue weighted by atomic mass is 16.5. The molecule has 5 rings (SSSR count). The molecule has 5 heteroatoms. The largest absolute Gasteiger partial charge is 0.493 e. The SMILES string of the molecule is COC(=O)c1cc2c([nH]c3ccccc32)c(C2C=CC3=C(CCO3)C2)n1. The summed E-state index contributed by atoms with van der Waals surface area (Å²) in [6.45, 7) is 0.749. The molecule has 1 aliphatic carbocycles. The lowest BCUT2D eigenvalue weighted by atomic mass is 9.89. The maximum absolute atomic E-state index is 12.2. The molecule has 1 atom stereocenters. The highest BCUT2D eigenvalue weighted by Gasteiger charge is 2.26. The van der Waals surface area contributed by atoms with Gasteiger partial charge in [0.15, 0.2) is 0 Å². The van der Waals surface area contributed by atoms with Crippen molar-refractivity contribution in [3.8, 4) is 0 Å². The number of rotatable bonds is 2. The Labute approximate surface area is 150 Å². The van der Waals surface area contributed by atoms with Crippen LogP contribution in [0.4, 0.5) is 0 Å². The summed E-state index contributed by atoms with van der Waals surface area (Å²) in [5.41, 5.74) is 4.57. The minimum Gasteiger partial charge on any atom is -0.493 e. The van der Waals surface area contributed by atoms with E-state index >= 15 is 0 Å². The van der Waals surface area contributed by atoms with E-state index in [0.717, 1.165) is 52.7 Å². The normalized spacial score (nSPS) is 19.0. The summed E-state index contributed by atoms with van der Waals surface area (Å²) in [5, 5.41) is 2.09. The van der Waals surface area contributed by atoms with Gasteiger partial charge in [-0.2, -0.15) is 0 Å². The van der Waals surface area contributed by atoms with E-state index < -0.39 is 5.97 Å². The predicted octanol–water partition coefficient (Wildman–Crippen LogP) is 4.22. The highest BCUT2D eigenvalue weighted by molar-refractivity contribution is 6.09. The number of H-pyrrole nitrogens is 1. The van der Waals surface area contributed by atoms with Crippen LogP contribution in [0.5, 0.6) is 0 Å². The number of pyridine rings is 1. The van der Waals surface area contributed by atoms with E-state index in [1.807, 2.05) is 30.3 Å². The van der Waals surface area contributed by atoms with E-state index in [1.165, 1.54) is 12.7 Å². The molecule has 1 aromatic carbocycles. The Morgan fingerprint density at radius 3 is 3.08 bits per heavy atom. The van der Waals surface area contributed by atoms with E-state index in [1.54, 1.807) is 0 Å². The second-order valence-corrected chi connectivity index (χ2v) is 6.71. The van der Waals surface area contributed by atoms with Crippen LogP contribution in [0.2, 0.25) is 0 Å². The van der Waals surface area contributed by atoms with Crippen LogP contribution >= 0.6 is 0 Å². The van der Waals surface area contributed by atoms with Crippen LogP contribution < -0.4 is 0 Å². The topological polar surface area (TPSA) is 64.2 Å². The molecule has 1 N–H and O–H groups in total. The summed E-state index contributed by atoms with van der Waals surface area (Å²) in [7, 11) is 1.39. The molecule has 2 aliphatic rings. The van der Waals surface area contributed by atoms with Crippen molar-refractivity contribution >= 4 is 27.8 Å². The number of para-hydroxylation sites is 1. The number of methoxy groups -OCH3 is 1. The van der Waals surface area contributed by atoms with E-state index in [9.17, 15) is 4.79 Å². The molecule has 0 bridgehead atoms. The van der Waals surface area contributed by atoms with Gasteiger partial charge in [0.1, 0.15) is 11.5 Å². The van der Waals surface area contributed by atoms with Crippen LogP contribution in [0.3, 0.4) is 0 Å². The van der Waals surface area contributed by atoms with Gasteiger partial charge in [-0.05, 0) is 30.2 Å². The Hall–Kier alpha value is -3.08. The number of benzene rings is 1. The summed E-state index contributed by atoms with van der Waals surface area (Å²) in [6.07, 6.45) is 5.99. The van der Waals surface area contributed by atoms with E-state index in [-0.39, 0.29) is 5.92 Å². The lowest BCUT2D eigenvalue weighted by Gasteiger charge is -2.18. The molecule has 5 nitrogen and oxygen atoms in total. The lowest BCUT2D eigenvalue weighted by molar-refractivity contribution is 0.0594. The van der Waals surface area contributed by atoms with Crippen LogP contribution in [0.1, 0.15) is 34.9 Å². The molecule has 0 fully saturated rings. The van der Waals surface area contributed by atoms with Gasteiger partial charge >= 0.3 is 5.97 Å². The van der Waals surface area contributed by atoms with Gasteiger partial charge in [-0.3, -0.25) is 0 Å². The fourth-order valence-electron chi connectivity index (χ4n) is 3.95. The second-order valence-electron chi connectivity index (χ2n) is 6.71. The molecule has 3 aromatic rings. The summed E-state index contributed by atoms with van der Waals surface area (Å²) in [6, 6.07) is 9.92. The van der Waals surface area contributed by atoms with Gasteiger partial charge in [0.05, 0.1) is 24.9 Å². The molecular weight excluding hydrogens is 328 g/mol.